The molecule has 1 aromatic carbocycles. The first-order chi connectivity index (χ1) is 8.98. The first-order valence-corrected chi connectivity index (χ1v) is 7.57. The largest absolute Gasteiger partial charge is 0.377 e. The summed E-state index contributed by atoms with van der Waals surface area (Å²) >= 11 is 0. The van der Waals surface area contributed by atoms with E-state index in [1.165, 1.54) is 4.31 Å². The fraction of sp³-hybridized carbons (Fsp3) is 0.500. The molecule has 19 heavy (non-hydrogen) atoms. The maximum Gasteiger partial charge on any atom is 0.245 e. The van der Waals surface area contributed by atoms with Crippen LogP contribution in [0.1, 0.15) is 13.3 Å². The fourth-order valence-electron chi connectivity index (χ4n) is 2.34. The third-order valence-corrected chi connectivity index (χ3v) is 5.44. The van der Waals surface area contributed by atoms with Crippen molar-refractivity contribution in [1.82, 2.24) is 4.31 Å². The van der Waals surface area contributed by atoms with E-state index >= 15 is 0 Å². The molecule has 0 spiro atoms. The third kappa shape index (κ3) is 2.59. The van der Waals surface area contributed by atoms with E-state index in [2.05, 4.69) is 5.43 Å². The molecule has 2 rings (SSSR count). The minimum Gasteiger partial charge on any atom is -0.377 e. The zero-order valence-electron chi connectivity index (χ0n) is 11.0. The molecular weight excluding hydrogens is 266 g/mol. The topological polar surface area (TPSA) is 84.7 Å². The summed E-state index contributed by atoms with van der Waals surface area (Å²) in [7, 11) is -2.01. The lowest BCUT2D eigenvalue weighted by molar-refractivity contribution is 0.102. The van der Waals surface area contributed by atoms with Crippen molar-refractivity contribution in [2.45, 2.75) is 30.4 Å². The highest BCUT2D eigenvalue weighted by molar-refractivity contribution is 7.89. The molecule has 0 radical (unpaired) electrons. The van der Waals surface area contributed by atoms with Gasteiger partial charge in [0.15, 0.2) is 0 Å². The predicted octanol–water partition coefficient (Wildman–Crippen LogP) is 0.770. The number of anilines is 1. The number of sulfonamides is 1. The third-order valence-electron chi connectivity index (χ3n) is 3.50. The van der Waals surface area contributed by atoms with E-state index in [9.17, 15) is 8.42 Å². The molecule has 0 aliphatic carbocycles. The number of ether oxygens (including phenoxy) is 1. The van der Waals surface area contributed by atoms with Crippen molar-refractivity contribution >= 4 is 15.7 Å². The maximum absolute atomic E-state index is 12.6. The van der Waals surface area contributed by atoms with Crippen molar-refractivity contribution in [1.29, 1.82) is 0 Å². The van der Waals surface area contributed by atoms with E-state index in [0.717, 1.165) is 0 Å². The Bertz CT molecular complexity index is 547. The lowest BCUT2D eigenvalue weighted by Crippen LogP contribution is -2.41. The highest BCUT2D eigenvalue weighted by Gasteiger charge is 2.36. The Hall–Kier alpha value is -1.15. The Kier molecular flexibility index (Phi) is 4.10. The van der Waals surface area contributed by atoms with Crippen molar-refractivity contribution in [3.63, 3.8) is 0 Å². The second-order valence-corrected chi connectivity index (χ2v) is 6.56. The minimum atomic E-state index is -3.59. The van der Waals surface area contributed by atoms with Gasteiger partial charge < -0.3 is 10.2 Å². The second kappa shape index (κ2) is 5.46. The summed E-state index contributed by atoms with van der Waals surface area (Å²) < 4.78 is 32.0. The number of hydrogen-bond donors (Lipinski definition) is 2. The Morgan fingerprint density at radius 2 is 2.11 bits per heavy atom. The standard InChI is InChI=1S/C12H19N3O3S/c1-9-11(7-8-18-9)15(2)19(16,17)12-6-4-3-5-10(12)14-13/h3-6,9,11,14H,7-8,13H2,1-2H3. The summed E-state index contributed by atoms with van der Waals surface area (Å²) in [6.07, 6.45) is 0.604. The monoisotopic (exact) mass is 285 g/mol. The first-order valence-electron chi connectivity index (χ1n) is 6.13. The molecule has 1 heterocycles. The normalized spacial score (nSPS) is 23.8. The van der Waals surface area contributed by atoms with Gasteiger partial charge >= 0.3 is 0 Å². The van der Waals surface area contributed by atoms with E-state index in [4.69, 9.17) is 10.6 Å². The summed E-state index contributed by atoms with van der Waals surface area (Å²) in [5.74, 6) is 5.37. The highest BCUT2D eigenvalue weighted by Crippen LogP contribution is 2.28. The predicted molar refractivity (Wildman–Crippen MR) is 73.0 cm³/mol. The van der Waals surface area contributed by atoms with Crippen LogP contribution in [0.5, 0.6) is 0 Å². The summed E-state index contributed by atoms with van der Waals surface area (Å²) in [4.78, 5) is 0.180. The highest BCUT2D eigenvalue weighted by atomic mass is 32.2. The Morgan fingerprint density at radius 1 is 1.42 bits per heavy atom. The van der Waals surface area contributed by atoms with Crippen LogP contribution in [0.4, 0.5) is 5.69 Å². The molecule has 6 nitrogen and oxygen atoms in total. The quantitative estimate of drug-likeness (QED) is 0.630. The zero-order valence-corrected chi connectivity index (χ0v) is 11.9. The summed E-state index contributed by atoms with van der Waals surface area (Å²) in [6.45, 7) is 2.47. The van der Waals surface area contributed by atoms with Gasteiger partial charge in [0, 0.05) is 13.7 Å². The van der Waals surface area contributed by atoms with Gasteiger partial charge in [-0.1, -0.05) is 12.1 Å². The van der Waals surface area contributed by atoms with Gasteiger partial charge in [0.05, 0.1) is 17.8 Å². The molecule has 7 heteroatoms. The van der Waals surface area contributed by atoms with Gasteiger partial charge in [-0.25, -0.2) is 8.42 Å². The molecule has 1 aromatic rings. The van der Waals surface area contributed by atoms with E-state index < -0.39 is 10.0 Å². The average Bonchev–Trinajstić information content (AvgIpc) is 2.83. The van der Waals surface area contributed by atoms with Gasteiger partial charge in [-0.15, -0.1) is 0 Å². The molecule has 106 valence electrons. The van der Waals surface area contributed by atoms with E-state index in [-0.39, 0.29) is 17.0 Å². The van der Waals surface area contributed by atoms with Crippen LogP contribution in [-0.4, -0.2) is 38.5 Å². The molecule has 1 aliphatic rings. The van der Waals surface area contributed by atoms with Crippen molar-refractivity contribution in [3.05, 3.63) is 24.3 Å². The Balaban J connectivity index is 2.36. The van der Waals surface area contributed by atoms with Crippen molar-refractivity contribution in [2.75, 3.05) is 19.1 Å². The second-order valence-electron chi connectivity index (χ2n) is 4.59. The molecule has 0 saturated carbocycles. The SMILES string of the molecule is CC1OCCC1N(C)S(=O)(=O)c1ccccc1NN. The van der Waals surface area contributed by atoms with Gasteiger partial charge in [0.2, 0.25) is 10.0 Å². The van der Waals surface area contributed by atoms with Crippen LogP contribution in [-0.2, 0) is 14.8 Å². The number of nitrogens with one attached hydrogen (secondary N) is 1. The van der Waals surface area contributed by atoms with Crippen LogP contribution in [0, 0.1) is 0 Å². The van der Waals surface area contributed by atoms with Crippen molar-refractivity contribution in [2.24, 2.45) is 5.84 Å². The molecular formula is C12H19N3O3S. The number of nitrogen functional groups attached to an aromatic ring is 1. The van der Waals surface area contributed by atoms with Crippen LogP contribution < -0.4 is 11.3 Å². The van der Waals surface area contributed by atoms with Crippen LogP contribution in [0.3, 0.4) is 0 Å². The molecule has 1 saturated heterocycles. The molecule has 2 unspecified atom stereocenters. The number of likely N-dealkylation sites (N-methyl/N-ethyl adjacent to an activating group) is 1. The van der Waals surface area contributed by atoms with Gasteiger partial charge in [0.1, 0.15) is 4.90 Å². The molecule has 0 aromatic heterocycles. The summed E-state index contributed by atoms with van der Waals surface area (Å²) in [6, 6.07) is 6.44. The smallest absolute Gasteiger partial charge is 0.245 e. The van der Waals surface area contributed by atoms with E-state index in [1.54, 1.807) is 31.3 Å². The molecule has 1 fully saturated rings. The van der Waals surface area contributed by atoms with Crippen molar-refractivity contribution in [3.8, 4) is 0 Å². The van der Waals surface area contributed by atoms with Crippen LogP contribution in [0.2, 0.25) is 0 Å². The first kappa shape index (κ1) is 14.3. The number of hydrogen-bond acceptors (Lipinski definition) is 5. The zero-order chi connectivity index (χ0) is 14.0. The number of rotatable bonds is 4. The van der Waals surface area contributed by atoms with Crippen LogP contribution >= 0.6 is 0 Å². The van der Waals surface area contributed by atoms with Gasteiger partial charge in [-0.2, -0.15) is 4.31 Å². The Morgan fingerprint density at radius 3 is 2.68 bits per heavy atom. The van der Waals surface area contributed by atoms with Gasteiger partial charge in [0.25, 0.3) is 0 Å². The summed E-state index contributed by atoms with van der Waals surface area (Å²) in [5, 5.41) is 0. The van der Waals surface area contributed by atoms with E-state index in [1.807, 2.05) is 6.92 Å². The summed E-state index contributed by atoms with van der Waals surface area (Å²) in [5.41, 5.74) is 2.81. The number of nitrogens with two attached hydrogens (primary N) is 1. The molecule has 1 aliphatic heterocycles. The molecule has 0 amide bonds. The Labute approximate surface area is 113 Å². The van der Waals surface area contributed by atoms with Gasteiger partial charge in [-0.3, -0.25) is 5.84 Å². The van der Waals surface area contributed by atoms with Gasteiger partial charge in [-0.05, 0) is 25.5 Å². The molecule has 0 bridgehead atoms. The lowest BCUT2D eigenvalue weighted by Gasteiger charge is -2.26. The number of para-hydroxylation sites is 1. The number of hydrazine groups is 1. The lowest BCUT2D eigenvalue weighted by atomic mass is 10.2. The van der Waals surface area contributed by atoms with Crippen molar-refractivity contribution < 1.29 is 13.2 Å². The average molecular weight is 285 g/mol. The molecule has 3 N–H and O–H groups in total. The van der Waals surface area contributed by atoms with E-state index in [0.29, 0.717) is 18.7 Å². The molecule has 2 atom stereocenters. The minimum absolute atomic E-state index is 0.0993. The van der Waals surface area contributed by atoms with Crippen LogP contribution in [0.15, 0.2) is 29.2 Å². The number of nitrogens with zero attached hydrogens (tertiary/aromatic N) is 1. The van der Waals surface area contributed by atoms with Crippen LogP contribution in [0.25, 0.3) is 0 Å². The number of benzene rings is 1. The fourth-order valence-corrected chi connectivity index (χ4v) is 3.94. The maximum atomic E-state index is 12.6.